The van der Waals surface area contributed by atoms with E-state index in [4.69, 9.17) is 0 Å². The van der Waals surface area contributed by atoms with E-state index >= 15 is 13.2 Å². The molecule has 6 rings (SSSR count). The number of aryl methyl sites for hydroxylation is 1. The first-order valence-electron chi connectivity index (χ1n) is 14.0. The number of benzene rings is 2. The molecule has 0 spiro atoms. The summed E-state index contributed by atoms with van der Waals surface area (Å²) in [7, 11) is 0. The van der Waals surface area contributed by atoms with Gasteiger partial charge in [0.15, 0.2) is 23.3 Å². The van der Waals surface area contributed by atoms with E-state index < -0.39 is 74.9 Å². The second-order valence-corrected chi connectivity index (χ2v) is 11.1. The Morgan fingerprint density at radius 1 is 1.09 bits per heavy atom. The largest absolute Gasteiger partial charge is 0.507 e. The van der Waals surface area contributed by atoms with Crippen LogP contribution in [0.2, 0.25) is 0 Å². The number of aromatic hydroxyl groups is 1. The van der Waals surface area contributed by atoms with Crippen LogP contribution in [0.4, 0.5) is 29.1 Å². The lowest BCUT2D eigenvalue weighted by atomic mass is 9.97. The first-order valence-corrected chi connectivity index (χ1v) is 14.0. The number of halogens is 4. The number of carbonyl (C=O) groups is 2. The van der Waals surface area contributed by atoms with Crippen LogP contribution >= 0.6 is 0 Å². The van der Waals surface area contributed by atoms with E-state index in [0.717, 1.165) is 16.7 Å². The average Bonchev–Trinajstić information content (AvgIpc) is 3.13. The Hall–Kier alpha value is -5.27. The lowest BCUT2D eigenvalue weighted by Gasteiger charge is -2.40. The normalized spacial score (nSPS) is 16.1. The Labute approximate surface area is 253 Å². The summed E-state index contributed by atoms with van der Waals surface area (Å²) in [6.45, 7) is 8.50. The van der Waals surface area contributed by atoms with Crippen LogP contribution in [0.25, 0.3) is 27.7 Å². The van der Waals surface area contributed by atoms with Crippen molar-refractivity contribution in [1.82, 2.24) is 19.4 Å². The number of anilines is 2. The molecular formula is C31H26F4N6O4. The molecular weight excluding hydrogens is 596 g/mol. The SMILES string of the molecule is C=CC(=O)N1CCN2c3nc(=O)n(-c4c(C)ccnc4C(C)C)c4c(F)c(-c5c(O)ccc(F)c5F)c(F)c(c34)NC(=O)C2C1. The molecule has 10 nitrogen and oxygen atoms in total. The molecule has 232 valence electrons. The van der Waals surface area contributed by atoms with Crippen LogP contribution in [-0.2, 0) is 9.59 Å². The topological polar surface area (TPSA) is 121 Å². The van der Waals surface area contributed by atoms with E-state index in [1.165, 1.54) is 16.0 Å². The number of hydrogen-bond donors (Lipinski definition) is 2. The van der Waals surface area contributed by atoms with Crippen molar-refractivity contribution in [2.24, 2.45) is 0 Å². The third kappa shape index (κ3) is 4.42. The standard InChI is InChI=1S/C31H26F4N6O4/c1-5-18(43)39-10-11-40-16(12-39)30(44)37-26-21-28(24(35)20(23(26)34)19-17(42)7-6-15(32)22(19)33)41(31(45)38-29(21)40)27-14(4)8-9-36-25(27)13(2)3/h5-9,13,16,42H,1,10-12H2,2-4H3,(H,37,44). The fraction of sp³-hybridized carbons (Fsp3) is 0.258. The van der Waals surface area contributed by atoms with Gasteiger partial charge in [0.25, 0.3) is 0 Å². The molecule has 0 aliphatic carbocycles. The molecule has 4 aromatic rings. The molecule has 1 fully saturated rings. The molecule has 1 saturated heterocycles. The van der Waals surface area contributed by atoms with Gasteiger partial charge in [-0.15, -0.1) is 0 Å². The zero-order valence-corrected chi connectivity index (χ0v) is 24.3. The number of nitrogens with one attached hydrogen (secondary N) is 1. The first-order chi connectivity index (χ1) is 21.4. The molecule has 2 N–H and O–H groups in total. The van der Waals surface area contributed by atoms with Crippen molar-refractivity contribution in [3.05, 3.63) is 82.1 Å². The smallest absolute Gasteiger partial charge is 0.354 e. The molecule has 2 aliphatic heterocycles. The van der Waals surface area contributed by atoms with Gasteiger partial charge in [-0.25, -0.2) is 22.4 Å². The average molecular weight is 623 g/mol. The number of phenols is 1. The highest BCUT2D eigenvalue weighted by Crippen LogP contribution is 2.46. The third-order valence-corrected chi connectivity index (χ3v) is 8.13. The maximum Gasteiger partial charge on any atom is 0.354 e. The molecule has 14 heteroatoms. The molecule has 4 heterocycles. The number of fused-ring (bicyclic) bond motifs is 2. The third-order valence-electron chi connectivity index (χ3n) is 8.13. The van der Waals surface area contributed by atoms with Crippen molar-refractivity contribution in [2.45, 2.75) is 32.7 Å². The van der Waals surface area contributed by atoms with Gasteiger partial charge in [0.1, 0.15) is 23.1 Å². The van der Waals surface area contributed by atoms with Gasteiger partial charge in [-0.2, -0.15) is 4.98 Å². The highest BCUT2D eigenvalue weighted by molar-refractivity contribution is 6.13. The van der Waals surface area contributed by atoms with Gasteiger partial charge < -0.3 is 20.2 Å². The van der Waals surface area contributed by atoms with Gasteiger partial charge in [0.2, 0.25) is 11.8 Å². The fourth-order valence-electron chi connectivity index (χ4n) is 6.01. The highest BCUT2D eigenvalue weighted by Gasteiger charge is 2.42. The highest BCUT2D eigenvalue weighted by atomic mass is 19.2. The number of pyridine rings is 1. The second-order valence-electron chi connectivity index (χ2n) is 11.1. The number of phenolic OH excluding ortho intramolecular Hbond substituents is 1. The predicted molar refractivity (Wildman–Crippen MR) is 157 cm³/mol. The van der Waals surface area contributed by atoms with Crippen LogP contribution in [0.1, 0.15) is 31.0 Å². The van der Waals surface area contributed by atoms with Crippen LogP contribution in [0.5, 0.6) is 5.75 Å². The van der Waals surface area contributed by atoms with Crippen molar-refractivity contribution in [1.29, 1.82) is 0 Å². The zero-order valence-electron chi connectivity index (χ0n) is 24.3. The predicted octanol–water partition coefficient (Wildman–Crippen LogP) is 4.30. The zero-order chi connectivity index (χ0) is 32.5. The van der Waals surface area contributed by atoms with Crippen LogP contribution in [0.15, 0.2) is 41.8 Å². The minimum absolute atomic E-state index is 0.0455. The van der Waals surface area contributed by atoms with E-state index in [0.29, 0.717) is 17.3 Å². The summed E-state index contributed by atoms with van der Waals surface area (Å²) in [4.78, 5) is 51.4. The van der Waals surface area contributed by atoms with E-state index in [9.17, 15) is 23.9 Å². The van der Waals surface area contributed by atoms with Gasteiger partial charge in [0, 0.05) is 19.3 Å². The van der Waals surface area contributed by atoms with Gasteiger partial charge >= 0.3 is 5.69 Å². The Morgan fingerprint density at radius 3 is 2.51 bits per heavy atom. The molecule has 2 aromatic heterocycles. The minimum atomic E-state index is -1.75. The minimum Gasteiger partial charge on any atom is -0.507 e. The van der Waals surface area contributed by atoms with Gasteiger partial charge in [-0.3, -0.25) is 19.1 Å². The number of amides is 2. The van der Waals surface area contributed by atoms with Crippen molar-refractivity contribution >= 4 is 34.2 Å². The van der Waals surface area contributed by atoms with Crippen LogP contribution < -0.4 is 15.9 Å². The summed E-state index contributed by atoms with van der Waals surface area (Å²) in [5.41, 5.74) is -3.73. The summed E-state index contributed by atoms with van der Waals surface area (Å²) >= 11 is 0. The fourth-order valence-corrected chi connectivity index (χ4v) is 6.01. The molecule has 1 unspecified atom stereocenters. The number of aromatic nitrogens is 3. The number of piperazine rings is 1. The monoisotopic (exact) mass is 622 g/mol. The molecule has 1 atom stereocenters. The van der Waals surface area contributed by atoms with Crippen LogP contribution in [-0.4, -0.2) is 62.0 Å². The quantitative estimate of drug-likeness (QED) is 0.257. The Kier molecular flexibility index (Phi) is 7.09. The maximum absolute atomic E-state index is 17.0. The summed E-state index contributed by atoms with van der Waals surface area (Å²) in [6.07, 6.45) is 2.57. The van der Waals surface area contributed by atoms with Crippen molar-refractivity contribution < 1.29 is 32.3 Å². The van der Waals surface area contributed by atoms with E-state index in [1.54, 1.807) is 26.8 Å². The Morgan fingerprint density at radius 2 is 1.82 bits per heavy atom. The Bertz CT molecular complexity index is 2030. The molecule has 45 heavy (non-hydrogen) atoms. The lowest BCUT2D eigenvalue weighted by molar-refractivity contribution is -0.128. The van der Waals surface area contributed by atoms with Gasteiger partial charge in [-0.05, 0) is 42.7 Å². The number of nitrogens with zero attached hydrogens (tertiary/aromatic N) is 5. The lowest BCUT2D eigenvalue weighted by Crippen LogP contribution is -2.58. The molecule has 2 aromatic carbocycles. The molecule has 0 bridgehead atoms. The summed E-state index contributed by atoms with van der Waals surface area (Å²) in [5.74, 6) is -9.15. The van der Waals surface area contributed by atoms with Crippen molar-refractivity contribution in [3.63, 3.8) is 0 Å². The van der Waals surface area contributed by atoms with E-state index in [-0.39, 0.29) is 42.4 Å². The number of hydrogen-bond acceptors (Lipinski definition) is 7. The number of rotatable bonds is 4. The molecule has 0 saturated carbocycles. The Balaban J connectivity index is 1.80. The number of carbonyl (C=O) groups excluding carboxylic acids is 2. The van der Waals surface area contributed by atoms with Gasteiger partial charge in [0.05, 0.1) is 40.1 Å². The van der Waals surface area contributed by atoms with Crippen LogP contribution in [0.3, 0.4) is 0 Å². The summed E-state index contributed by atoms with van der Waals surface area (Å²) in [6, 6.07) is 1.69. The second kappa shape index (κ2) is 10.7. The molecule has 0 radical (unpaired) electrons. The molecule has 2 amide bonds. The summed E-state index contributed by atoms with van der Waals surface area (Å²) in [5, 5.41) is 12.6. The van der Waals surface area contributed by atoms with E-state index in [2.05, 4.69) is 21.9 Å². The molecule has 2 aliphatic rings. The van der Waals surface area contributed by atoms with Gasteiger partial charge in [-0.1, -0.05) is 20.4 Å². The van der Waals surface area contributed by atoms with Crippen LogP contribution in [0, 0.1) is 30.2 Å². The maximum atomic E-state index is 17.0. The van der Waals surface area contributed by atoms with E-state index in [1.807, 2.05) is 0 Å². The summed E-state index contributed by atoms with van der Waals surface area (Å²) < 4.78 is 64.1. The first kappa shape index (κ1) is 29.8. The van der Waals surface area contributed by atoms with Crippen molar-refractivity contribution in [2.75, 3.05) is 29.9 Å². The van der Waals surface area contributed by atoms with Crippen molar-refractivity contribution in [3.8, 4) is 22.6 Å².